The highest BCUT2D eigenvalue weighted by Crippen LogP contribution is 2.14. The third kappa shape index (κ3) is 3.25. The third-order valence-electron chi connectivity index (χ3n) is 2.65. The van der Waals surface area contributed by atoms with E-state index in [1.165, 1.54) is 24.4 Å². The molecule has 0 bridgehead atoms. The summed E-state index contributed by atoms with van der Waals surface area (Å²) in [4.78, 5) is 13.9. The van der Waals surface area contributed by atoms with E-state index >= 15 is 0 Å². The van der Waals surface area contributed by atoms with Crippen molar-refractivity contribution >= 4 is 11.5 Å². The van der Waals surface area contributed by atoms with Crippen LogP contribution in [0.25, 0.3) is 0 Å². The lowest BCUT2D eigenvalue weighted by molar-refractivity contribution is -0.385. The highest BCUT2D eigenvalue weighted by atomic mass is 19.1. The molecular formula is C13H12FN3O2. The number of nitrogens with one attached hydrogen (secondary N) is 1. The molecule has 0 radical (unpaired) electrons. The lowest BCUT2D eigenvalue weighted by Crippen LogP contribution is -2.02. The normalized spacial score (nSPS) is 10.2. The molecule has 98 valence electrons. The van der Waals surface area contributed by atoms with Gasteiger partial charge in [0.2, 0.25) is 0 Å². The second-order valence-corrected chi connectivity index (χ2v) is 4.10. The van der Waals surface area contributed by atoms with Crippen LogP contribution in [0.3, 0.4) is 0 Å². The highest BCUT2D eigenvalue weighted by Gasteiger charge is 2.05. The van der Waals surface area contributed by atoms with Crippen LogP contribution in [-0.4, -0.2) is 9.91 Å². The standard InChI is InChI=1S/C13H12FN3O2/c1-9-6-10(2-4-12(9)14)7-15-13-5-3-11(8-16-13)17(18)19/h2-6,8H,7H2,1H3,(H,15,16). The summed E-state index contributed by atoms with van der Waals surface area (Å²) >= 11 is 0. The second-order valence-electron chi connectivity index (χ2n) is 4.10. The highest BCUT2D eigenvalue weighted by molar-refractivity contribution is 5.41. The molecule has 1 aromatic heterocycles. The van der Waals surface area contributed by atoms with Gasteiger partial charge in [-0.3, -0.25) is 10.1 Å². The molecule has 1 heterocycles. The first kappa shape index (κ1) is 12.9. The topological polar surface area (TPSA) is 68.1 Å². The Morgan fingerprint density at radius 2 is 2.16 bits per heavy atom. The summed E-state index contributed by atoms with van der Waals surface area (Å²) in [5.74, 6) is 0.296. The minimum Gasteiger partial charge on any atom is -0.366 e. The zero-order valence-electron chi connectivity index (χ0n) is 10.3. The van der Waals surface area contributed by atoms with Crippen LogP contribution >= 0.6 is 0 Å². The van der Waals surface area contributed by atoms with Gasteiger partial charge >= 0.3 is 0 Å². The van der Waals surface area contributed by atoms with Crippen molar-refractivity contribution in [3.63, 3.8) is 0 Å². The molecule has 1 aromatic carbocycles. The van der Waals surface area contributed by atoms with Crippen LogP contribution in [-0.2, 0) is 6.54 Å². The summed E-state index contributed by atoms with van der Waals surface area (Å²) in [5, 5.41) is 13.5. The van der Waals surface area contributed by atoms with E-state index in [0.717, 1.165) is 5.56 Å². The predicted molar refractivity (Wildman–Crippen MR) is 69.4 cm³/mol. The van der Waals surface area contributed by atoms with Gasteiger partial charge in [0.25, 0.3) is 5.69 Å². The average molecular weight is 261 g/mol. The minimum atomic E-state index is -0.500. The lowest BCUT2D eigenvalue weighted by Gasteiger charge is -2.06. The van der Waals surface area contributed by atoms with Crippen LogP contribution in [0.5, 0.6) is 0 Å². The summed E-state index contributed by atoms with van der Waals surface area (Å²) in [6, 6.07) is 7.75. The van der Waals surface area contributed by atoms with Gasteiger partial charge in [0.05, 0.1) is 4.92 Å². The summed E-state index contributed by atoms with van der Waals surface area (Å²) in [6.45, 7) is 2.18. The number of pyridine rings is 1. The smallest absolute Gasteiger partial charge is 0.287 e. The van der Waals surface area contributed by atoms with Crippen LogP contribution in [0.2, 0.25) is 0 Å². The van der Waals surface area contributed by atoms with Crippen molar-refractivity contribution in [2.75, 3.05) is 5.32 Å². The number of nitrogens with zero attached hydrogens (tertiary/aromatic N) is 2. The predicted octanol–water partition coefficient (Wildman–Crippen LogP) is 3.05. The van der Waals surface area contributed by atoms with Gasteiger partial charge < -0.3 is 5.32 Å². The molecule has 5 nitrogen and oxygen atoms in total. The molecule has 1 N–H and O–H groups in total. The van der Waals surface area contributed by atoms with Crippen LogP contribution < -0.4 is 5.32 Å². The number of aromatic nitrogens is 1. The van der Waals surface area contributed by atoms with E-state index < -0.39 is 4.92 Å². The SMILES string of the molecule is Cc1cc(CNc2ccc([N+](=O)[O-])cn2)ccc1F. The van der Waals surface area contributed by atoms with E-state index in [-0.39, 0.29) is 11.5 Å². The van der Waals surface area contributed by atoms with Crippen LogP contribution in [0.15, 0.2) is 36.5 Å². The molecule has 0 unspecified atom stereocenters. The quantitative estimate of drug-likeness (QED) is 0.678. The molecule has 0 aliphatic carbocycles. The van der Waals surface area contributed by atoms with Gasteiger partial charge in [-0.15, -0.1) is 0 Å². The number of rotatable bonds is 4. The Labute approximate surface area is 109 Å². The van der Waals surface area contributed by atoms with Gasteiger partial charge in [-0.05, 0) is 30.2 Å². The monoisotopic (exact) mass is 261 g/mol. The van der Waals surface area contributed by atoms with Crippen LogP contribution in [0, 0.1) is 22.9 Å². The van der Waals surface area contributed by atoms with E-state index in [4.69, 9.17) is 0 Å². The zero-order chi connectivity index (χ0) is 13.8. The number of halogens is 1. The molecule has 2 rings (SSSR count). The van der Waals surface area contributed by atoms with E-state index in [1.807, 2.05) is 0 Å². The zero-order valence-corrected chi connectivity index (χ0v) is 10.3. The fourth-order valence-corrected chi connectivity index (χ4v) is 1.61. The van der Waals surface area contributed by atoms with Crippen molar-refractivity contribution in [2.24, 2.45) is 0 Å². The van der Waals surface area contributed by atoms with Crippen molar-refractivity contribution in [1.29, 1.82) is 0 Å². The summed E-state index contributed by atoms with van der Waals surface area (Å²) in [6.07, 6.45) is 1.19. The molecule has 0 saturated carbocycles. The van der Waals surface area contributed by atoms with Gasteiger partial charge in [-0.1, -0.05) is 12.1 Å². The molecule has 0 aliphatic rings. The molecule has 0 aliphatic heterocycles. The Balaban J connectivity index is 2.01. The van der Waals surface area contributed by atoms with E-state index in [2.05, 4.69) is 10.3 Å². The fraction of sp³-hybridized carbons (Fsp3) is 0.154. The van der Waals surface area contributed by atoms with Crippen molar-refractivity contribution in [3.8, 4) is 0 Å². The van der Waals surface area contributed by atoms with Crippen LogP contribution in [0.4, 0.5) is 15.9 Å². The first-order valence-corrected chi connectivity index (χ1v) is 5.65. The Morgan fingerprint density at radius 3 is 2.74 bits per heavy atom. The molecule has 0 atom stereocenters. The molecule has 0 fully saturated rings. The maximum Gasteiger partial charge on any atom is 0.287 e. The number of anilines is 1. The Kier molecular flexibility index (Phi) is 3.70. The fourth-order valence-electron chi connectivity index (χ4n) is 1.61. The largest absolute Gasteiger partial charge is 0.366 e. The number of nitro groups is 1. The number of aryl methyl sites for hydroxylation is 1. The van der Waals surface area contributed by atoms with E-state index in [0.29, 0.717) is 17.9 Å². The van der Waals surface area contributed by atoms with E-state index in [9.17, 15) is 14.5 Å². The first-order chi connectivity index (χ1) is 9.06. The van der Waals surface area contributed by atoms with Crippen molar-refractivity contribution in [3.05, 3.63) is 63.6 Å². The lowest BCUT2D eigenvalue weighted by atomic mass is 10.1. The molecule has 2 aromatic rings. The summed E-state index contributed by atoms with van der Waals surface area (Å²) in [5.41, 5.74) is 1.44. The first-order valence-electron chi connectivity index (χ1n) is 5.65. The van der Waals surface area contributed by atoms with Crippen molar-refractivity contribution in [1.82, 2.24) is 4.98 Å². The number of hydrogen-bond acceptors (Lipinski definition) is 4. The molecule has 0 saturated heterocycles. The average Bonchev–Trinajstić information content (AvgIpc) is 2.40. The molecular weight excluding hydrogens is 249 g/mol. The van der Waals surface area contributed by atoms with Crippen molar-refractivity contribution < 1.29 is 9.31 Å². The van der Waals surface area contributed by atoms with E-state index in [1.54, 1.807) is 19.1 Å². The molecule has 19 heavy (non-hydrogen) atoms. The Morgan fingerprint density at radius 1 is 1.37 bits per heavy atom. The maximum atomic E-state index is 13.1. The number of hydrogen-bond donors (Lipinski definition) is 1. The van der Waals surface area contributed by atoms with Gasteiger partial charge in [-0.2, -0.15) is 0 Å². The van der Waals surface area contributed by atoms with Gasteiger partial charge in [-0.25, -0.2) is 9.37 Å². The summed E-state index contributed by atoms with van der Waals surface area (Å²) < 4.78 is 13.1. The van der Waals surface area contributed by atoms with Gasteiger partial charge in [0.1, 0.15) is 17.8 Å². The Bertz CT molecular complexity index is 599. The third-order valence-corrected chi connectivity index (χ3v) is 2.65. The molecule has 0 spiro atoms. The Hall–Kier alpha value is -2.50. The second kappa shape index (κ2) is 5.43. The van der Waals surface area contributed by atoms with Gasteiger partial charge in [0, 0.05) is 12.6 Å². The number of benzene rings is 1. The van der Waals surface area contributed by atoms with Crippen LogP contribution in [0.1, 0.15) is 11.1 Å². The maximum absolute atomic E-state index is 13.1. The minimum absolute atomic E-state index is 0.0526. The summed E-state index contributed by atoms with van der Waals surface area (Å²) in [7, 11) is 0. The molecule has 0 amide bonds. The van der Waals surface area contributed by atoms with Gasteiger partial charge in [0.15, 0.2) is 0 Å². The molecule has 6 heteroatoms. The van der Waals surface area contributed by atoms with Crippen molar-refractivity contribution in [2.45, 2.75) is 13.5 Å².